The van der Waals surface area contributed by atoms with Crippen LogP contribution in [0.2, 0.25) is 0 Å². The molecule has 0 aromatic rings. The largest absolute Gasteiger partial charge is 0.444 e. The van der Waals surface area contributed by atoms with Gasteiger partial charge < -0.3 is 14.8 Å². The van der Waals surface area contributed by atoms with E-state index >= 15 is 0 Å². The number of Topliss-reactive ketones (excluding diaryl/α,β-unsaturated/α-hetero) is 1. The van der Waals surface area contributed by atoms with Gasteiger partial charge in [-0.15, -0.1) is 0 Å². The average molecular weight is 215 g/mol. The molecule has 1 N–H and O–H groups in total. The topological polar surface area (TPSA) is 64.6 Å². The fraction of sp³-hybridized carbons (Fsp3) is 0.800. The summed E-state index contributed by atoms with van der Waals surface area (Å²) in [6, 6.07) is -0.464. The van der Waals surface area contributed by atoms with Crippen LogP contribution in [-0.2, 0) is 14.3 Å². The van der Waals surface area contributed by atoms with E-state index in [0.29, 0.717) is 13.0 Å². The van der Waals surface area contributed by atoms with E-state index in [1.54, 1.807) is 20.8 Å². The molecule has 86 valence electrons. The Bertz CT molecular complexity index is 257. The number of ketones is 1. The van der Waals surface area contributed by atoms with Crippen LogP contribution in [0, 0.1) is 0 Å². The fourth-order valence-corrected chi connectivity index (χ4v) is 1.24. The smallest absolute Gasteiger partial charge is 0.408 e. The minimum absolute atomic E-state index is 0.0699. The average Bonchev–Trinajstić information content (AvgIpc) is 2.05. The van der Waals surface area contributed by atoms with E-state index < -0.39 is 17.7 Å². The Labute approximate surface area is 89.1 Å². The van der Waals surface area contributed by atoms with E-state index in [4.69, 9.17) is 9.47 Å². The van der Waals surface area contributed by atoms with Gasteiger partial charge in [-0.25, -0.2) is 4.79 Å². The van der Waals surface area contributed by atoms with E-state index in [1.807, 2.05) is 0 Å². The summed E-state index contributed by atoms with van der Waals surface area (Å²) in [7, 11) is 0. The predicted octanol–water partition coefficient (Wildman–Crippen LogP) is 0.869. The number of nitrogens with one attached hydrogen (secondary N) is 1. The summed E-state index contributed by atoms with van der Waals surface area (Å²) in [4.78, 5) is 22.6. The molecular weight excluding hydrogens is 198 g/mol. The molecule has 1 atom stereocenters. The molecule has 0 aromatic heterocycles. The molecule has 0 unspecified atom stereocenters. The van der Waals surface area contributed by atoms with E-state index in [9.17, 15) is 9.59 Å². The Morgan fingerprint density at radius 2 is 2.20 bits per heavy atom. The first-order valence-corrected chi connectivity index (χ1v) is 4.98. The number of hydrogen-bond donors (Lipinski definition) is 1. The lowest BCUT2D eigenvalue weighted by Gasteiger charge is -2.25. The maximum absolute atomic E-state index is 11.3. The Kier molecular flexibility index (Phi) is 3.68. The van der Waals surface area contributed by atoms with Gasteiger partial charge in [0.1, 0.15) is 12.2 Å². The summed E-state index contributed by atoms with van der Waals surface area (Å²) >= 11 is 0. The lowest BCUT2D eigenvalue weighted by molar-refractivity contribution is -0.129. The van der Waals surface area contributed by atoms with E-state index in [2.05, 4.69) is 5.32 Å². The SMILES string of the molecule is CC(C)(C)OC(=O)N[C@@H]1CCOCC1=O. The second-order valence-corrected chi connectivity index (χ2v) is 4.51. The maximum atomic E-state index is 11.3. The van der Waals surface area contributed by atoms with Crippen molar-refractivity contribution >= 4 is 11.9 Å². The van der Waals surface area contributed by atoms with Crippen molar-refractivity contribution < 1.29 is 19.1 Å². The fourth-order valence-electron chi connectivity index (χ4n) is 1.24. The molecule has 0 spiro atoms. The van der Waals surface area contributed by atoms with Crippen LogP contribution in [0.5, 0.6) is 0 Å². The van der Waals surface area contributed by atoms with Crippen LogP contribution in [0.25, 0.3) is 0 Å². The van der Waals surface area contributed by atoms with Crippen molar-refractivity contribution in [2.75, 3.05) is 13.2 Å². The first-order valence-electron chi connectivity index (χ1n) is 4.98. The molecule has 1 amide bonds. The number of amides is 1. The lowest BCUT2D eigenvalue weighted by atomic mass is 10.1. The van der Waals surface area contributed by atoms with Crippen LogP contribution in [0.4, 0.5) is 4.79 Å². The number of rotatable bonds is 1. The molecule has 1 heterocycles. The van der Waals surface area contributed by atoms with Gasteiger partial charge in [0.2, 0.25) is 0 Å². The molecule has 1 saturated heterocycles. The number of alkyl carbamates (subject to hydrolysis) is 1. The quantitative estimate of drug-likeness (QED) is 0.705. The number of carbonyl (C=O) groups is 2. The molecule has 0 radical (unpaired) electrons. The van der Waals surface area contributed by atoms with Gasteiger partial charge in [-0.3, -0.25) is 4.79 Å². The Balaban J connectivity index is 2.40. The van der Waals surface area contributed by atoms with Crippen molar-refractivity contribution in [2.24, 2.45) is 0 Å². The van der Waals surface area contributed by atoms with Crippen LogP contribution in [0.1, 0.15) is 27.2 Å². The van der Waals surface area contributed by atoms with Crippen molar-refractivity contribution in [2.45, 2.75) is 38.8 Å². The van der Waals surface area contributed by atoms with Crippen molar-refractivity contribution in [1.82, 2.24) is 5.32 Å². The van der Waals surface area contributed by atoms with Gasteiger partial charge in [0.05, 0.1) is 6.04 Å². The zero-order valence-electron chi connectivity index (χ0n) is 9.33. The molecule has 5 nitrogen and oxygen atoms in total. The molecule has 1 aliphatic heterocycles. The minimum Gasteiger partial charge on any atom is -0.444 e. The molecule has 0 saturated carbocycles. The molecule has 15 heavy (non-hydrogen) atoms. The first-order chi connectivity index (χ1) is 6.88. The van der Waals surface area contributed by atoms with Gasteiger partial charge in [-0.05, 0) is 27.2 Å². The molecule has 0 aromatic carbocycles. The van der Waals surface area contributed by atoms with E-state index in [1.165, 1.54) is 0 Å². The summed E-state index contributed by atoms with van der Waals surface area (Å²) in [5, 5.41) is 2.53. The number of ether oxygens (including phenoxy) is 2. The lowest BCUT2D eigenvalue weighted by Crippen LogP contribution is -2.47. The molecule has 0 bridgehead atoms. The third kappa shape index (κ3) is 4.29. The zero-order valence-corrected chi connectivity index (χ0v) is 9.33. The van der Waals surface area contributed by atoms with E-state index in [-0.39, 0.29) is 12.4 Å². The molecule has 0 aliphatic carbocycles. The Hall–Kier alpha value is -1.10. The van der Waals surface area contributed by atoms with Crippen molar-refractivity contribution in [1.29, 1.82) is 0 Å². The summed E-state index contributed by atoms with van der Waals surface area (Å²) in [6.07, 6.45) is -0.0410. The van der Waals surface area contributed by atoms with Crippen LogP contribution < -0.4 is 5.32 Å². The molecule has 1 rings (SSSR count). The van der Waals surface area contributed by atoms with E-state index in [0.717, 1.165) is 0 Å². The highest BCUT2D eigenvalue weighted by Crippen LogP contribution is 2.08. The van der Waals surface area contributed by atoms with Crippen molar-refractivity contribution in [3.63, 3.8) is 0 Å². The first kappa shape index (κ1) is 12.0. The van der Waals surface area contributed by atoms with Gasteiger partial charge in [-0.2, -0.15) is 0 Å². The van der Waals surface area contributed by atoms with Gasteiger partial charge in [0.25, 0.3) is 0 Å². The zero-order chi connectivity index (χ0) is 11.5. The second kappa shape index (κ2) is 4.61. The highest BCUT2D eigenvalue weighted by molar-refractivity contribution is 5.88. The van der Waals surface area contributed by atoms with Crippen molar-refractivity contribution in [3.8, 4) is 0 Å². The summed E-state index contributed by atoms with van der Waals surface area (Å²) < 4.78 is 10.00. The van der Waals surface area contributed by atoms with Crippen LogP contribution in [0.15, 0.2) is 0 Å². The van der Waals surface area contributed by atoms with Gasteiger partial charge in [0.15, 0.2) is 5.78 Å². The molecule has 1 aliphatic rings. The number of hydrogen-bond acceptors (Lipinski definition) is 4. The maximum Gasteiger partial charge on any atom is 0.408 e. The second-order valence-electron chi connectivity index (χ2n) is 4.51. The summed E-state index contributed by atoms with van der Waals surface area (Å²) in [5.74, 6) is -0.105. The third-order valence-electron chi connectivity index (χ3n) is 1.87. The molecule has 1 fully saturated rings. The Morgan fingerprint density at radius 3 is 2.73 bits per heavy atom. The predicted molar refractivity (Wildman–Crippen MR) is 53.6 cm³/mol. The van der Waals surface area contributed by atoms with Gasteiger partial charge in [-0.1, -0.05) is 0 Å². The normalized spacial score (nSPS) is 22.3. The highest BCUT2D eigenvalue weighted by Gasteiger charge is 2.26. The summed E-state index contributed by atoms with van der Waals surface area (Å²) in [5.41, 5.74) is -0.543. The van der Waals surface area contributed by atoms with Crippen LogP contribution in [0.3, 0.4) is 0 Å². The molecule has 5 heteroatoms. The number of carbonyl (C=O) groups excluding carboxylic acids is 2. The van der Waals surface area contributed by atoms with Gasteiger partial charge >= 0.3 is 6.09 Å². The summed E-state index contributed by atoms with van der Waals surface area (Å²) in [6.45, 7) is 5.89. The van der Waals surface area contributed by atoms with Crippen LogP contribution >= 0.6 is 0 Å². The Morgan fingerprint density at radius 1 is 1.53 bits per heavy atom. The monoisotopic (exact) mass is 215 g/mol. The molecular formula is C10H17NO4. The van der Waals surface area contributed by atoms with Gasteiger partial charge in [0, 0.05) is 6.61 Å². The third-order valence-corrected chi connectivity index (χ3v) is 1.87. The standard InChI is InChI=1S/C10H17NO4/c1-10(2,3)15-9(13)11-7-4-5-14-6-8(7)12/h7H,4-6H2,1-3H3,(H,11,13)/t7-/m1/s1. The van der Waals surface area contributed by atoms with Crippen molar-refractivity contribution in [3.05, 3.63) is 0 Å². The minimum atomic E-state index is -0.553. The highest BCUT2D eigenvalue weighted by atomic mass is 16.6. The van der Waals surface area contributed by atoms with Crippen LogP contribution in [-0.4, -0.2) is 36.7 Å².